The Morgan fingerprint density at radius 2 is 1.74 bits per heavy atom. The number of unbranched alkanes of at least 4 members (excludes halogenated alkanes) is 1. The fourth-order valence-corrected chi connectivity index (χ4v) is 3.88. The zero-order valence-electron chi connectivity index (χ0n) is 13.2. The molecule has 0 aromatic rings. The first kappa shape index (κ1) is 19.0. The molecule has 6 heteroatoms. The standard InChI is InChI=1S/C13H32N2O3Si/c1-6-9-10-13(14)11-15-12(4)18-19(5,16-7-2)17-8-3/h12-13,15H,6-11,14H2,1-5H3. The first-order valence-corrected chi connectivity index (χ1v) is 9.64. The van der Waals surface area contributed by atoms with E-state index in [4.69, 9.17) is 19.0 Å². The van der Waals surface area contributed by atoms with Crippen molar-refractivity contribution in [1.82, 2.24) is 5.32 Å². The Balaban J connectivity index is 4.01. The monoisotopic (exact) mass is 292 g/mol. The molecule has 0 radical (unpaired) electrons. The van der Waals surface area contributed by atoms with Crippen LogP contribution in [0.1, 0.15) is 47.0 Å². The summed E-state index contributed by atoms with van der Waals surface area (Å²) in [4.78, 5) is 0. The van der Waals surface area contributed by atoms with Gasteiger partial charge in [0.05, 0.1) is 6.23 Å². The Bertz CT molecular complexity index is 214. The first-order valence-electron chi connectivity index (χ1n) is 7.42. The van der Waals surface area contributed by atoms with Crippen molar-refractivity contribution in [3.05, 3.63) is 0 Å². The highest BCUT2D eigenvalue weighted by molar-refractivity contribution is 6.59. The van der Waals surface area contributed by atoms with Crippen molar-refractivity contribution in [2.45, 2.75) is 65.8 Å². The number of hydrogen-bond donors (Lipinski definition) is 2. The van der Waals surface area contributed by atoms with Crippen molar-refractivity contribution in [2.24, 2.45) is 5.73 Å². The molecule has 2 atom stereocenters. The molecule has 0 rings (SSSR count). The molecule has 116 valence electrons. The summed E-state index contributed by atoms with van der Waals surface area (Å²) >= 11 is 0. The minimum absolute atomic E-state index is 0.109. The van der Waals surface area contributed by atoms with E-state index in [1.54, 1.807) is 0 Å². The van der Waals surface area contributed by atoms with E-state index in [0.29, 0.717) is 13.2 Å². The average Bonchev–Trinajstić information content (AvgIpc) is 2.34. The van der Waals surface area contributed by atoms with Gasteiger partial charge in [0.25, 0.3) is 0 Å². The van der Waals surface area contributed by atoms with Crippen LogP contribution >= 0.6 is 0 Å². The van der Waals surface area contributed by atoms with Crippen LogP contribution in [0.3, 0.4) is 0 Å². The molecule has 0 aliphatic heterocycles. The maximum Gasteiger partial charge on any atom is 0.498 e. The summed E-state index contributed by atoms with van der Waals surface area (Å²) in [5.41, 5.74) is 6.02. The Morgan fingerprint density at radius 3 is 2.21 bits per heavy atom. The van der Waals surface area contributed by atoms with E-state index in [2.05, 4.69) is 12.2 Å². The van der Waals surface area contributed by atoms with Crippen molar-refractivity contribution >= 4 is 8.80 Å². The highest BCUT2D eigenvalue weighted by Gasteiger charge is 2.35. The predicted octanol–water partition coefficient (Wildman–Crippen LogP) is 2.10. The van der Waals surface area contributed by atoms with Crippen molar-refractivity contribution in [3.8, 4) is 0 Å². The molecular formula is C13H32N2O3Si. The average molecular weight is 292 g/mol. The van der Waals surface area contributed by atoms with Gasteiger partial charge in [0.1, 0.15) is 0 Å². The second-order valence-corrected chi connectivity index (χ2v) is 7.34. The SMILES string of the molecule is CCCCC(N)CNC(C)O[Si](C)(OCC)OCC. The van der Waals surface area contributed by atoms with Gasteiger partial charge in [-0.3, -0.25) is 5.32 Å². The van der Waals surface area contributed by atoms with Crippen LogP contribution < -0.4 is 11.1 Å². The van der Waals surface area contributed by atoms with Crippen LogP contribution in [0.5, 0.6) is 0 Å². The molecule has 0 aromatic carbocycles. The van der Waals surface area contributed by atoms with E-state index in [1.807, 2.05) is 27.3 Å². The van der Waals surface area contributed by atoms with Gasteiger partial charge < -0.3 is 19.0 Å². The van der Waals surface area contributed by atoms with Gasteiger partial charge >= 0.3 is 8.80 Å². The van der Waals surface area contributed by atoms with Crippen molar-refractivity contribution in [1.29, 1.82) is 0 Å². The zero-order valence-corrected chi connectivity index (χ0v) is 14.2. The second kappa shape index (κ2) is 10.8. The van der Waals surface area contributed by atoms with Crippen LogP contribution in [0.4, 0.5) is 0 Å². The predicted molar refractivity (Wildman–Crippen MR) is 80.9 cm³/mol. The molecule has 0 fully saturated rings. The molecule has 0 amide bonds. The summed E-state index contributed by atoms with van der Waals surface area (Å²) in [6, 6.07) is 0.179. The highest BCUT2D eigenvalue weighted by atomic mass is 28.4. The molecular weight excluding hydrogens is 260 g/mol. The van der Waals surface area contributed by atoms with E-state index in [9.17, 15) is 0 Å². The first-order chi connectivity index (χ1) is 8.97. The molecule has 0 heterocycles. The third-order valence-electron chi connectivity index (χ3n) is 2.80. The second-order valence-electron chi connectivity index (χ2n) is 4.80. The topological polar surface area (TPSA) is 65.7 Å². The Labute approximate surface area is 119 Å². The van der Waals surface area contributed by atoms with E-state index < -0.39 is 8.80 Å². The van der Waals surface area contributed by atoms with Gasteiger partial charge in [-0.05, 0) is 27.2 Å². The quantitative estimate of drug-likeness (QED) is 0.426. The van der Waals surface area contributed by atoms with Crippen LogP contribution in [-0.2, 0) is 13.3 Å². The molecule has 2 unspecified atom stereocenters. The minimum atomic E-state index is -2.51. The summed E-state index contributed by atoms with van der Waals surface area (Å²) in [7, 11) is -2.51. The lowest BCUT2D eigenvalue weighted by molar-refractivity contribution is 0.0317. The Kier molecular flexibility index (Phi) is 10.8. The van der Waals surface area contributed by atoms with E-state index in [0.717, 1.165) is 13.0 Å². The van der Waals surface area contributed by atoms with Gasteiger partial charge in [-0.2, -0.15) is 0 Å². The van der Waals surface area contributed by atoms with E-state index >= 15 is 0 Å². The zero-order chi connectivity index (χ0) is 14.7. The number of nitrogens with one attached hydrogen (secondary N) is 1. The number of hydrogen-bond acceptors (Lipinski definition) is 5. The summed E-state index contributed by atoms with van der Waals surface area (Å²) in [5, 5.41) is 3.29. The van der Waals surface area contributed by atoms with Gasteiger partial charge in [-0.15, -0.1) is 0 Å². The molecule has 19 heavy (non-hydrogen) atoms. The molecule has 3 N–H and O–H groups in total. The van der Waals surface area contributed by atoms with Crippen LogP contribution in [0.25, 0.3) is 0 Å². The lowest BCUT2D eigenvalue weighted by atomic mass is 10.1. The van der Waals surface area contributed by atoms with Gasteiger partial charge in [-0.1, -0.05) is 19.8 Å². The Morgan fingerprint density at radius 1 is 1.16 bits per heavy atom. The van der Waals surface area contributed by atoms with Crippen molar-refractivity contribution in [3.63, 3.8) is 0 Å². The van der Waals surface area contributed by atoms with Crippen LogP contribution in [0, 0.1) is 0 Å². The van der Waals surface area contributed by atoms with Crippen LogP contribution in [0.15, 0.2) is 0 Å². The molecule has 0 spiro atoms. The summed E-state index contributed by atoms with van der Waals surface area (Å²) in [5.74, 6) is 0. The summed E-state index contributed by atoms with van der Waals surface area (Å²) in [6.07, 6.45) is 3.28. The lowest BCUT2D eigenvalue weighted by Crippen LogP contribution is -2.50. The highest BCUT2D eigenvalue weighted by Crippen LogP contribution is 2.11. The third-order valence-corrected chi connectivity index (χ3v) is 5.21. The summed E-state index contributed by atoms with van der Waals surface area (Å²) in [6.45, 7) is 11.9. The Hall–Kier alpha value is 0.0169. The molecule has 0 saturated carbocycles. The third kappa shape index (κ3) is 9.54. The van der Waals surface area contributed by atoms with Crippen molar-refractivity contribution < 1.29 is 13.3 Å². The lowest BCUT2D eigenvalue weighted by Gasteiger charge is -2.29. The normalized spacial score (nSPS) is 15.5. The van der Waals surface area contributed by atoms with Crippen molar-refractivity contribution in [2.75, 3.05) is 19.8 Å². The maximum atomic E-state index is 6.02. The minimum Gasteiger partial charge on any atom is -0.374 e. The summed E-state index contributed by atoms with van der Waals surface area (Å²) < 4.78 is 17.2. The van der Waals surface area contributed by atoms with Gasteiger partial charge in [-0.25, -0.2) is 0 Å². The molecule has 5 nitrogen and oxygen atoms in total. The maximum absolute atomic E-state index is 6.02. The van der Waals surface area contributed by atoms with E-state index in [-0.39, 0.29) is 12.3 Å². The van der Waals surface area contributed by atoms with Crippen LogP contribution in [0.2, 0.25) is 6.55 Å². The van der Waals surface area contributed by atoms with Gasteiger partial charge in [0, 0.05) is 32.3 Å². The van der Waals surface area contributed by atoms with Gasteiger partial charge in [0.15, 0.2) is 0 Å². The molecule has 0 aliphatic rings. The van der Waals surface area contributed by atoms with E-state index in [1.165, 1.54) is 12.8 Å². The molecule has 0 saturated heterocycles. The number of rotatable bonds is 12. The number of nitrogens with two attached hydrogens (primary N) is 1. The molecule has 0 aromatic heterocycles. The molecule has 0 aliphatic carbocycles. The largest absolute Gasteiger partial charge is 0.498 e. The van der Waals surface area contributed by atoms with Gasteiger partial charge in [0.2, 0.25) is 0 Å². The molecule has 0 bridgehead atoms. The fourth-order valence-electron chi connectivity index (χ4n) is 1.88. The fraction of sp³-hybridized carbons (Fsp3) is 1.00. The smallest absolute Gasteiger partial charge is 0.374 e. The van der Waals surface area contributed by atoms with Crippen LogP contribution in [-0.4, -0.2) is 40.8 Å².